The van der Waals surface area contributed by atoms with Crippen LogP contribution in [0.1, 0.15) is 58.3 Å². The second kappa shape index (κ2) is 9.76. The Morgan fingerprint density at radius 1 is 1.28 bits per heavy atom. The third-order valence-electron chi connectivity index (χ3n) is 11.2. The molecule has 2 N–H and O–H groups in total. The van der Waals surface area contributed by atoms with Crippen molar-refractivity contribution in [2.75, 3.05) is 19.7 Å². The number of aldehydes is 1. The first-order valence-electron chi connectivity index (χ1n) is 14.7. The highest BCUT2D eigenvalue weighted by Crippen LogP contribution is 2.82. The third kappa shape index (κ3) is 3.74. The van der Waals surface area contributed by atoms with Crippen molar-refractivity contribution in [3.8, 4) is 0 Å². The molecule has 1 aromatic rings. The van der Waals surface area contributed by atoms with Gasteiger partial charge in [0, 0.05) is 29.9 Å². The number of carbonyl (C=O) groups is 2. The molecule has 0 radical (unpaired) electrons. The summed E-state index contributed by atoms with van der Waals surface area (Å²) in [5.41, 5.74) is -2.02. The summed E-state index contributed by atoms with van der Waals surface area (Å²) in [4.78, 5) is 30.3. The number of fused-ring (bicyclic) bond motifs is 2. The Bertz CT molecular complexity index is 1140. The van der Waals surface area contributed by atoms with Crippen LogP contribution in [0.4, 0.5) is 0 Å². The molecular formula is C31H43NO6S. The maximum atomic E-state index is 13.6. The Kier molecular flexibility index (Phi) is 6.90. The average Bonchev–Trinajstić information content (AvgIpc) is 3.61. The lowest BCUT2D eigenvalue weighted by molar-refractivity contribution is -0.235. The van der Waals surface area contributed by atoms with Crippen LogP contribution in [0.15, 0.2) is 29.2 Å². The Hall–Kier alpha value is -1.58. The fraction of sp³-hybridized carbons (Fsp3) is 0.742. The van der Waals surface area contributed by atoms with E-state index in [9.17, 15) is 19.8 Å². The zero-order chi connectivity index (χ0) is 27.7. The molecule has 5 aliphatic rings. The van der Waals surface area contributed by atoms with Gasteiger partial charge >= 0.3 is 5.97 Å². The van der Waals surface area contributed by atoms with E-state index >= 15 is 0 Å². The minimum atomic E-state index is -1.28. The van der Waals surface area contributed by atoms with Crippen LogP contribution in [0.2, 0.25) is 0 Å². The average molecular weight is 558 g/mol. The molecule has 2 heterocycles. The number of aliphatic hydroxyl groups excluding tert-OH is 1. The summed E-state index contributed by atoms with van der Waals surface area (Å²) in [5.74, 6) is -0.0568. The van der Waals surface area contributed by atoms with Crippen molar-refractivity contribution >= 4 is 23.6 Å². The van der Waals surface area contributed by atoms with E-state index in [1.165, 1.54) is 4.88 Å². The molecule has 0 amide bonds. The molecular weight excluding hydrogens is 514 g/mol. The van der Waals surface area contributed by atoms with Crippen LogP contribution in [0.25, 0.3) is 0 Å². The number of β-amino-alcohol motifs (C(OH)–C–C–N with tert-alkyl or cyclic N) is 1. The number of rotatable bonds is 8. The van der Waals surface area contributed by atoms with Gasteiger partial charge in [0.05, 0.1) is 18.1 Å². The van der Waals surface area contributed by atoms with E-state index < -0.39 is 34.6 Å². The van der Waals surface area contributed by atoms with Gasteiger partial charge in [-0.2, -0.15) is 0 Å². The van der Waals surface area contributed by atoms with E-state index in [1.54, 1.807) is 11.3 Å². The Morgan fingerprint density at radius 2 is 2.08 bits per heavy atom. The monoisotopic (exact) mass is 557 g/mol. The van der Waals surface area contributed by atoms with Gasteiger partial charge in [-0.05, 0) is 67.2 Å². The number of carbonyl (C=O) groups excluding carboxylic acids is 1. The lowest BCUT2D eigenvalue weighted by atomic mass is 9.43. The number of carboxylic acid groups (broad SMARTS) is 1. The number of hydrogen-bond acceptors (Lipinski definition) is 7. The summed E-state index contributed by atoms with van der Waals surface area (Å²) >= 11 is 1.70. The Labute approximate surface area is 235 Å². The van der Waals surface area contributed by atoms with Crippen molar-refractivity contribution in [2.24, 2.45) is 45.8 Å². The van der Waals surface area contributed by atoms with Gasteiger partial charge in [0.25, 0.3) is 0 Å². The number of aliphatic hydroxyl groups is 1. The summed E-state index contributed by atoms with van der Waals surface area (Å²) in [6.07, 6.45) is 4.63. The number of hydrogen-bond donors (Lipinski definition) is 2. The topological polar surface area (TPSA) is 96.3 Å². The molecule has 0 spiro atoms. The van der Waals surface area contributed by atoms with Crippen molar-refractivity contribution in [1.82, 2.24) is 4.90 Å². The summed E-state index contributed by atoms with van der Waals surface area (Å²) in [6, 6.07) is 4.13. The Balaban J connectivity index is 1.32. The fourth-order valence-corrected chi connectivity index (χ4v) is 10.7. The van der Waals surface area contributed by atoms with Gasteiger partial charge in [-0.3, -0.25) is 9.69 Å². The molecule has 0 aromatic carbocycles. The molecule has 0 unspecified atom stereocenters. The molecule has 39 heavy (non-hydrogen) atoms. The number of carboxylic acids is 1. The molecule has 7 nitrogen and oxygen atoms in total. The predicted molar refractivity (Wildman–Crippen MR) is 148 cm³/mol. The zero-order valence-electron chi connectivity index (χ0n) is 23.5. The summed E-state index contributed by atoms with van der Waals surface area (Å²) in [5, 5.41) is 24.5. The molecule has 8 heteroatoms. The van der Waals surface area contributed by atoms with Crippen molar-refractivity contribution in [2.45, 2.75) is 78.4 Å². The smallest absolute Gasteiger partial charge is 0.315 e. The second-order valence-electron chi connectivity index (χ2n) is 13.5. The first-order valence-corrected chi connectivity index (χ1v) is 15.6. The van der Waals surface area contributed by atoms with Crippen LogP contribution in [-0.2, 0) is 25.6 Å². The molecule has 1 aliphatic heterocycles. The molecule has 4 fully saturated rings. The first-order chi connectivity index (χ1) is 18.6. The minimum Gasteiger partial charge on any atom is -0.481 e. The molecule has 3 saturated carbocycles. The van der Waals surface area contributed by atoms with Crippen molar-refractivity contribution in [1.29, 1.82) is 0 Å². The molecule has 4 aliphatic carbocycles. The number of thiophene rings is 1. The minimum absolute atomic E-state index is 0.0195. The fourth-order valence-electron chi connectivity index (χ4n) is 9.92. The molecule has 1 saturated heterocycles. The highest BCUT2D eigenvalue weighted by Gasteiger charge is 2.84. The van der Waals surface area contributed by atoms with E-state index in [0.717, 1.165) is 37.7 Å². The quantitative estimate of drug-likeness (QED) is 0.356. The van der Waals surface area contributed by atoms with Gasteiger partial charge in [-0.15, -0.1) is 11.3 Å². The molecule has 6 rings (SSSR count). The van der Waals surface area contributed by atoms with Gasteiger partial charge < -0.3 is 24.5 Å². The van der Waals surface area contributed by atoms with Crippen LogP contribution in [0, 0.1) is 45.8 Å². The third-order valence-corrected chi connectivity index (χ3v) is 12.1. The molecule has 214 valence electrons. The van der Waals surface area contributed by atoms with Gasteiger partial charge in [0.15, 0.2) is 6.29 Å². The zero-order valence-corrected chi connectivity index (χ0v) is 24.4. The van der Waals surface area contributed by atoms with Crippen LogP contribution in [0.5, 0.6) is 0 Å². The van der Waals surface area contributed by atoms with Crippen LogP contribution < -0.4 is 0 Å². The van der Waals surface area contributed by atoms with E-state index in [-0.39, 0.29) is 30.5 Å². The van der Waals surface area contributed by atoms with Crippen LogP contribution in [-0.4, -0.2) is 65.6 Å². The van der Waals surface area contributed by atoms with E-state index in [2.05, 4.69) is 43.2 Å². The summed E-state index contributed by atoms with van der Waals surface area (Å²) in [6.45, 7) is 10.4. The van der Waals surface area contributed by atoms with Crippen molar-refractivity contribution in [3.63, 3.8) is 0 Å². The maximum absolute atomic E-state index is 13.6. The molecule has 4 bridgehead atoms. The van der Waals surface area contributed by atoms with E-state index in [1.807, 2.05) is 13.0 Å². The molecule has 10 atom stereocenters. The van der Waals surface area contributed by atoms with E-state index in [0.29, 0.717) is 31.3 Å². The second-order valence-corrected chi connectivity index (χ2v) is 14.5. The predicted octanol–water partition coefficient (Wildman–Crippen LogP) is 4.60. The highest BCUT2D eigenvalue weighted by molar-refractivity contribution is 7.09. The highest BCUT2D eigenvalue weighted by atomic mass is 32.1. The lowest BCUT2D eigenvalue weighted by Gasteiger charge is -2.58. The SMILES string of the molecule is CC(C)C1=C[C@H]2C[C@]3(C=O)[C@@H]4CC[C@@H](C)[C@H]4C[C@@]2(CO[C@@H]2O[C@H](C)CN(Cc4cccs4)C[C@@H]2O)[C@]13C(=O)O. The van der Waals surface area contributed by atoms with Crippen molar-refractivity contribution in [3.05, 3.63) is 34.0 Å². The normalized spacial score (nSPS) is 45.3. The standard InChI is InChI=1S/C31H43NO6S/c1-18(2)25-10-21-11-29(16-33)24-8-7-19(3)23(24)12-30(21,31(25,29)28(35)36)17-37-27-26(34)15-32(13-20(4)38-27)14-22-6-5-9-39-22/h5-6,9-10,16,18-21,23-24,26-27,34H,7-8,11-15,17H2,1-4H3,(H,35,36)/t19-,20-,21+,23-,24-,26+,27-,29+,30+,31+/m1/s1. The van der Waals surface area contributed by atoms with E-state index in [4.69, 9.17) is 9.47 Å². The van der Waals surface area contributed by atoms with Gasteiger partial charge in [0.2, 0.25) is 0 Å². The number of allylic oxidation sites excluding steroid dienone is 1. The molecule has 1 aromatic heterocycles. The lowest BCUT2D eigenvalue weighted by Crippen LogP contribution is -2.63. The largest absolute Gasteiger partial charge is 0.481 e. The van der Waals surface area contributed by atoms with Gasteiger partial charge in [-0.25, -0.2) is 0 Å². The number of ether oxygens (including phenoxy) is 2. The van der Waals surface area contributed by atoms with Crippen LogP contribution in [0.3, 0.4) is 0 Å². The van der Waals surface area contributed by atoms with Gasteiger partial charge in [0.1, 0.15) is 17.8 Å². The number of nitrogens with zero attached hydrogens (tertiary/aromatic N) is 1. The summed E-state index contributed by atoms with van der Waals surface area (Å²) < 4.78 is 12.8. The summed E-state index contributed by atoms with van der Waals surface area (Å²) in [7, 11) is 0. The van der Waals surface area contributed by atoms with Crippen LogP contribution >= 0.6 is 11.3 Å². The Morgan fingerprint density at radius 3 is 2.74 bits per heavy atom. The maximum Gasteiger partial charge on any atom is 0.315 e. The number of aliphatic carboxylic acids is 1. The van der Waals surface area contributed by atoms with Crippen molar-refractivity contribution < 1.29 is 29.3 Å². The first kappa shape index (κ1) is 27.6. The van der Waals surface area contributed by atoms with Gasteiger partial charge in [-0.1, -0.05) is 44.9 Å².